The molecule has 3 atom stereocenters. The van der Waals surface area contributed by atoms with Crippen LogP contribution < -0.4 is 5.32 Å². The van der Waals surface area contributed by atoms with E-state index in [9.17, 15) is 0 Å². The standard InChI is InChI=1S/C13H28N2/c1-10(2)8-12(4)15(5)9-13-11(3)6-7-14-13/h10-14H,6-9H2,1-5H3. The van der Waals surface area contributed by atoms with Gasteiger partial charge in [0.15, 0.2) is 0 Å². The van der Waals surface area contributed by atoms with Crippen LogP contribution in [0.4, 0.5) is 0 Å². The van der Waals surface area contributed by atoms with Gasteiger partial charge in [0.25, 0.3) is 0 Å². The molecule has 3 unspecified atom stereocenters. The summed E-state index contributed by atoms with van der Waals surface area (Å²) in [6, 6.07) is 1.42. The molecule has 1 aliphatic heterocycles. The second-order valence-corrected chi connectivity index (χ2v) is 5.74. The molecular formula is C13H28N2. The molecule has 1 fully saturated rings. The summed E-state index contributed by atoms with van der Waals surface area (Å²) in [5, 5.41) is 3.60. The van der Waals surface area contributed by atoms with Gasteiger partial charge in [0.2, 0.25) is 0 Å². The summed E-state index contributed by atoms with van der Waals surface area (Å²) in [6.07, 6.45) is 2.65. The number of nitrogens with zero attached hydrogens (tertiary/aromatic N) is 1. The maximum atomic E-state index is 3.60. The number of rotatable bonds is 5. The Morgan fingerprint density at radius 2 is 2.00 bits per heavy atom. The summed E-state index contributed by atoms with van der Waals surface area (Å²) < 4.78 is 0. The molecule has 1 N–H and O–H groups in total. The largest absolute Gasteiger partial charge is 0.312 e. The number of hydrogen-bond acceptors (Lipinski definition) is 2. The average molecular weight is 212 g/mol. The van der Waals surface area contributed by atoms with Crippen LogP contribution in [0.5, 0.6) is 0 Å². The molecule has 0 aliphatic carbocycles. The van der Waals surface area contributed by atoms with Crippen LogP contribution in [0.2, 0.25) is 0 Å². The van der Waals surface area contributed by atoms with Crippen molar-refractivity contribution in [1.29, 1.82) is 0 Å². The van der Waals surface area contributed by atoms with E-state index < -0.39 is 0 Å². The van der Waals surface area contributed by atoms with Crippen molar-refractivity contribution >= 4 is 0 Å². The zero-order valence-corrected chi connectivity index (χ0v) is 11.1. The number of nitrogens with one attached hydrogen (secondary N) is 1. The Balaban J connectivity index is 2.30. The van der Waals surface area contributed by atoms with Crippen LogP contribution in [0.1, 0.15) is 40.5 Å². The number of likely N-dealkylation sites (N-methyl/N-ethyl adjacent to an activating group) is 1. The molecule has 0 aromatic rings. The van der Waals surface area contributed by atoms with Gasteiger partial charge in [-0.05, 0) is 45.2 Å². The lowest BCUT2D eigenvalue weighted by Crippen LogP contribution is -2.42. The molecule has 0 spiro atoms. The Kier molecular flexibility index (Phi) is 5.07. The third-order valence-corrected chi connectivity index (χ3v) is 3.74. The fraction of sp³-hybridized carbons (Fsp3) is 1.00. The first-order chi connectivity index (χ1) is 7.00. The van der Waals surface area contributed by atoms with E-state index in [-0.39, 0.29) is 0 Å². The predicted octanol–water partition coefficient (Wildman–Crippen LogP) is 2.35. The van der Waals surface area contributed by atoms with E-state index in [1.165, 1.54) is 25.9 Å². The van der Waals surface area contributed by atoms with Crippen molar-refractivity contribution in [3.63, 3.8) is 0 Å². The lowest BCUT2D eigenvalue weighted by Gasteiger charge is -2.30. The van der Waals surface area contributed by atoms with Gasteiger partial charge in [0.1, 0.15) is 0 Å². The fourth-order valence-electron chi connectivity index (χ4n) is 2.50. The van der Waals surface area contributed by atoms with E-state index in [4.69, 9.17) is 0 Å². The molecule has 1 aliphatic rings. The van der Waals surface area contributed by atoms with Crippen LogP contribution in [0, 0.1) is 11.8 Å². The quantitative estimate of drug-likeness (QED) is 0.752. The van der Waals surface area contributed by atoms with Gasteiger partial charge < -0.3 is 10.2 Å². The summed E-state index contributed by atoms with van der Waals surface area (Å²) in [5.41, 5.74) is 0. The highest BCUT2D eigenvalue weighted by molar-refractivity contribution is 4.84. The van der Waals surface area contributed by atoms with Gasteiger partial charge in [-0.25, -0.2) is 0 Å². The predicted molar refractivity (Wildman–Crippen MR) is 67.1 cm³/mol. The Morgan fingerprint density at radius 3 is 2.47 bits per heavy atom. The Labute approximate surface area is 95.4 Å². The van der Waals surface area contributed by atoms with Gasteiger partial charge >= 0.3 is 0 Å². The van der Waals surface area contributed by atoms with Crippen LogP contribution in [-0.2, 0) is 0 Å². The SMILES string of the molecule is CC(C)CC(C)N(C)CC1NCCC1C. The van der Waals surface area contributed by atoms with Crippen molar-refractivity contribution in [2.24, 2.45) is 11.8 Å². The van der Waals surface area contributed by atoms with E-state index in [1.54, 1.807) is 0 Å². The van der Waals surface area contributed by atoms with Gasteiger partial charge in [0, 0.05) is 18.6 Å². The van der Waals surface area contributed by atoms with E-state index in [1.807, 2.05) is 0 Å². The van der Waals surface area contributed by atoms with E-state index in [0.29, 0.717) is 12.1 Å². The zero-order valence-electron chi connectivity index (χ0n) is 11.1. The minimum atomic E-state index is 0.708. The van der Waals surface area contributed by atoms with E-state index >= 15 is 0 Å². The molecule has 2 heteroatoms. The van der Waals surface area contributed by atoms with Crippen molar-refractivity contribution < 1.29 is 0 Å². The molecule has 0 amide bonds. The molecule has 1 saturated heterocycles. The molecular weight excluding hydrogens is 184 g/mol. The normalized spacial score (nSPS) is 29.0. The first kappa shape index (κ1) is 13.0. The Morgan fingerprint density at radius 1 is 1.33 bits per heavy atom. The minimum Gasteiger partial charge on any atom is -0.312 e. The molecule has 15 heavy (non-hydrogen) atoms. The third-order valence-electron chi connectivity index (χ3n) is 3.74. The molecule has 1 rings (SSSR count). The summed E-state index contributed by atoms with van der Waals surface area (Å²) in [4.78, 5) is 2.51. The van der Waals surface area contributed by atoms with Gasteiger partial charge in [-0.2, -0.15) is 0 Å². The Hall–Kier alpha value is -0.0800. The first-order valence-electron chi connectivity index (χ1n) is 6.44. The molecule has 0 bridgehead atoms. The molecule has 0 radical (unpaired) electrons. The van der Waals surface area contributed by atoms with Crippen molar-refractivity contribution in [3.05, 3.63) is 0 Å². The average Bonchev–Trinajstić information content (AvgIpc) is 2.50. The minimum absolute atomic E-state index is 0.708. The van der Waals surface area contributed by atoms with Crippen LogP contribution in [0.25, 0.3) is 0 Å². The van der Waals surface area contributed by atoms with Crippen molar-refractivity contribution in [2.75, 3.05) is 20.1 Å². The molecule has 90 valence electrons. The van der Waals surface area contributed by atoms with Crippen molar-refractivity contribution in [1.82, 2.24) is 10.2 Å². The van der Waals surface area contributed by atoms with Crippen molar-refractivity contribution in [3.8, 4) is 0 Å². The van der Waals surface area contributed by atoms with E-state index in [0.717, 1.165) is 11.8 Å². The highest BCUT2D eigenvalue weighted by atomic mass is 15.2. The number of hydrogen-bond donors (Lipinski definition) is 1. The fourth-order valence-corrected chi connectivity index (χ4v) is 2.50. The lowest BCUT2D eigenvalue weighted by molar-refractivity contribution is 0.199. The van der Waals surface area contributed by atoms with Gasteiger partial charge in [-0.15, -0.1) is 0 Å². The Bertz CT molecular complexity index is 179. The highest BCUT2D eigenvalue weighted by Crippen LogP contribution is 2.17. The van der Waals surface area contributed by atoms with Gasteiger partial charge in [0.05, 0.1) is 0 Å². The molecule has 1 heterocycles. The first-order valence-corrected chi connectivity index (χ1v) is 6.44. The third kappa shape index (κ3) is 4.12. The van der Waals surface area contributed by atoms with Crippen LogP contribution in [0.3, 0.4) is 0 Å². The molecule has 0 saturated carbocycles. The summed E-state index contributed by atoms with van der Waals surface area (Å²) in [6.45, 7) is 11.7. The second kappa shape index (κ2) is 5.86. The monoisotopic (exact) mass is 212 g/mol. The van der Waals surface area contributed by atoms with Crippen LogP contribution in [-0.4, -0.2) is 37.1 Å². The molecule has 2 nitrogen and oxygen atoms in total. The maximum Gasteiger partial charge on any atom is 0.0221 e. The maximum absolute atomic E-state index is 3.60. The van der Waals surface area contributed by atoms with E-state index in [2.05, 4.69) is 45.0 Å². The smallest absolute Gasteiger partial charge is 0.0221 e. The summed E-state index contributed by atoms with van der Waals surface area (Å²) >= 11 is 0. The van der Waals surface area contributed by atoms with Gasteiger partial charge in [-0.3, -0.25) is 0 Å². The summed E-state index contributed by atoms with van der Waals surface area (Å²) in [7, 11) is 2.26. The van der Waals surface area contributed by atoms with Crippen LogP contribution >= 0.6 is 0 Å². The highest BCUT2D eigenvalue weighted by Gasteiger charge is 2.25. The lowest BCUT2D eigenvalue weighted by atomic mass is 10.0. The zero-order chi connectivity index (χ0) is 11.4. The molecule has 0 aromatic heterocycles. The van der Waals surface area contributed by atoms with Crippen molar-refractivity contribution in [2.45, 2.75) is 52.6 Å². The topological polar surface area (TPSA) is 15.3 Å². The van der Waals surface area contributed by atoms with Crippen LogP contribution in [0.15, 0.2) is 0 Å². The summed E-state index contributed by atoms with van der Waals surface area (Å²) in [5.74, 6) is 1.65. The van der Waals surface area contributed by atoms with Gasteiger partial charge in [-0.1, -0.05) is 20.8 Å². The second-order valence-electron chi connectivity index (χ2n) is 5.74. The molecule has 0 aromatic carbocycles.